The van der Waals surface area contributed by atoms with Crippen LogP contribution in [-0.4, -0.2) is 79.2 Å². The van der Waals surface area contributed by atoms with Gasteiger partial charge in [0.2, 0.25) is 29.5 Å². The maximum atomic E-state index is 13.9. The van der Waals surface area contributed by atoms with Crippen LogP contribution in [0.2, 0.25) is 0 Å². The maximum absolute atomic E-state index is 13.9. The highest BCUT2D eigenvalue weighted by Crippen LogP contribution is 2.18. The average molecular weight is 700 g/mol. The molecule has 1 aliphatic heterocycles. The van der Waals surface area contributed by atoms with Crippen molar-refractivity contribution < 1.29 is 24.0 Å². The summed E-state index contributed by atoms with van der Waals surface area (Å²) < 4.78 is 0. The molecule has 13 N–H and O–H groups in total. The van der Waals surface area contributed by atoms with E-state index in [0.29, 0.717) is 18.4 Å². The number of hydrogen-bond donors (Lipinski definition) is 9. The van der Waals surface area contributed by atoms with E-state index < -0.39 is 60.2 Å². The summed E-state index contributed by atoms with van der Waals surface area (Å²) in [5.41, 5.74) is 23.1. The van der Waals surface area contributed by atoms with Crippen LogP contribution in [-0.2, 0) is 30.4 Å². The number of hydrogen-bond acceptors (Lipinski definition) is 7. The fourth-order valence-electron chi connectivity index (χ4n) is 5.60. The quantitative estimate of drug-likeness (QED) is 0.0669. The summed E-state index contributed by atoms with van der Waals surface area (Å²) in [5, 5.41) is 15.5. The lowest BCUT2D eigenvalue weighted by molar-refractivity contribution is -0.134. The first-order valence-electron chi connectivity index (χ1n) is 16.6. The van der Waals surface area contributed by atoms with Gasteiger partial charge in [0, 0.05) is 19.5 Å². The third kappa shape index (κ3) is 11.7. The van der Waals surface area contributed by atoms with Gasteiger partial charge in [-0.1, -0.05) is 72.8 Å². The molecule has 0 aliphatic carbocycles. The number of carbonyl (C=O) groups excluding carboxylic acids is 5. The Hall–Kier alpha value is -6.19. The van der Waals surface area contributed by atoms with E-state index in [1.807, 2.05) is 42.5 Å². The van der Waals surface area contributed by atoms with Crippen molar-refractivity contribution in [3.63, 3.8) is 0 Å². The largest absolute Gasteiger partial charge is 0.370 e. The molecule has 51 heavy (non-hydrogen) atoms. The first-order valence-corrected chi connectivity index (χ1v) is 16.6. The van der Waals surface area contributed by atoms with Crippen molar-refractivity contribution >= 4 is 52.2 Å². The van der Waals surface area contributed by atoms with Crippen molar-refractivity contribution in [2.45, 2.75) is 56.3 Å². The van der Waals surface area contributed by atoms with E-state index in [1.54, 1.807) is 30.3 Å². The molecule has 4 rings (SSSR count). The molecule has 270 valence electrons. The van der Waals surface area contributed by atoms with Crippen LogP contribution >= 0.6 is 0 Å². The van der Waals surface area contributed by atoms with Crippen LogP contribution in [0.1, 0.15) is 42.9 Å². The van der Waals surface area contributed by atoms with E-state index in [9.17, 15) is 24.0 Å². The summed E-state index contributed by atoms with van der Waals surface area (Å²) >= 11 is 0. The number of rotatable bonds is 11. The average Bonchev–Trinajstić information content (AvgIpc) is 3.11. The predicted octanol–water partition coefficient (Wildman–Crippen LogP) is -1.07. The number of nitrogens with zero attached hydrogens (tertiary/aromatic N) is 2. The number of fused-ring (bicyclic) bond motifs is 1. The van der Waals surface area contributed by atoms with Gasteiger partial charge in [0.05, 0.1) is 6.54 Å². The van der Waals surface area contributed by atoms with Gasteiger partial charge in [-0.05, 0) is 47.6 Å². The number of nitrogens with one attached hydrogen (secondary N) is 5. The Labute approximate surface area is 295 Å². The van der Waals surface area contributed by atoms with Crippen molar-refractivity contribution in [3.8, 4) is 0 Å². The summed E-state index contributed by atoms with van der Waals surface area (Å²) in [4.78, 5) is 76.3. The van der Waals surface area contributed by atoms with Crippen molar-refractivity contribution in [1.82, 2.24) is 26.6 Å². The fourth-order valence-corrected chi connectivity index (χ4v) is 5.60. The van der Waals surface area contributed by atoms with E-state index in [0.717, 1.165) is 16.3 Å². The Morgan fingerprint density at radius 1 is 0.608 bits per heavy atom. The zero-order valence-electron chi connectivity index (χ0n) is 28.1. The number of guanidine groups is 2. The van der Waals surface area contributed by atoms with Crippen molar-refractivity contribution in [2.75, 3.05) is 19.6 Å². The Balaban J connectivity index is 1.68. The van der Waals surface area contributed by atoms with E-state index in [4.69, 9.17) is 22.9 Å². The van der Waals surface area contributed by atoms with Crippen LogP contribution in [0.3, 0.4) is 0 Å². The summed E-state index contributed by atoms with van der Waals surface area (Å²) in [6.45, 7) is -0.137. The van der Waals surface area contributed by atoms with Gasteiger partial charge in [0.25, 0.3) is 0 Å². The van der Waals surface area contributed by atoms with Crippen LogP contribution in [0.25, 0.3) is 10.8 Å². The van der Waals surface area contributed by atoms with Crippen LogP contribution < -0.4 is 49.5 Å². The number of nitrogens with two attached hydrogens (primary N) is 4. The molecule has 0 radical (unpaired) electrons. The molecule has 1 saturated heterocycles. The molecule has 0 aromatic heterocycles. The van der Waals surface area contributed by atoms with Crippen LogP contribution in [0, 0.1) is 0 Å². The minimum Gasteiger partial charge on any atom is -0.370 e. The smallest absolute Gasteiger partial charge is 0.247 e. The third-order valence-electron chi connectivity index (χ3n) is 8.17. The number of aliphatic imine (C=N–C) groups is 2. The second-order valence-corrected chi connectivity index (χ2v) is 12.1. The molecule has 1 fully saturated rings. The topological polar surface area (TPSA) is 274 Å². The Kier molecular flexibility index (Phi) is 13.7. The molecule has 0 bridgehead atoms. The van der Waals surface area contributed by atoms with Crippen LogP contribution in [0.5, 0.6) is 0 Å². The number of carbonyl (C=O) groups is 5. The van der Waals surface area contributed by atoms with E-state index in [2.05, 4.69) is 36.6 Å². The highest BCUT2D eigenvalue weighted by Gasteiger charge is 2.32. The Morgan fingerprint density at radius 2 is 1.16 bits per heavy atom. The molecule has 5 amide bonds. The highest BCUT2D eigenvalue weighted by atomic mass is 16.2. The van der Waals surface area contributed by atoms with Gasteiger partial charge in [-0.15, -0.1) is 0 Å². The van der Waals surface area contributed by atoms with E-state index in [-0.39, 0.29) is 44.3 Å². The van der Waals surface area contributed by atoms with Gasteiger partial charge in [-0.25, -0.2) is 0 Å². The number of benzene rings is 3. The van der Waals surface area contributed by atoms with E-state index in [1.165, 1.54) is 0 Å². The van der Waals surface area contributed by atoms with Crippen LogP contribution in [0.4, 0.5) is 0 Å². The number of amides is 5. The van der Waals surface area contributed by atoms with Gasteiger partial charge in [-0.3, -0.25) is 34.0 Å². The lowest BCUT2D eigenvalue weighted by Gasteiger charge is -2.26. The highest BCUT2D eigenvalue weighted by molar-refractivity contribution is 5.97. The first-order chi connectivity index (χ1) is 24.5. The molecule has 4 atom stereocenters. The van der Waals surface area contributed by atoms with Crippen LogP contribution in [0.15, 0.2) is 82.8 Å². The second-order valence-electron chi connectivity index (χ2n) is 12.1. The zero-order chi connectivity index (χ0) is 36.8. The molecule has 1 heterocycles. The molecule has 1 aliphatic rings. The first kappa shape index (κ1) is 37.6. The SMILES string of the molecule is NC(N)=NCCC[C@@H]1NC(=O)C(c2ccccc2)NC(=O)CNC(=O)[C@H](Cc2ccc3ccccc3c2)NC(=O)[C@H](CCCN=C(N)N)NC1=O. The van der Waals surface area contributed by atoms with Gasteiger partial charge in [0.1, 0.15) is 24.2 Å². The van der Waals surface area contributed by atoms with Gasteiger partial charge < -0.3 is 49.5 Å². The predicted molar refractivity (Wildman–Crippen MR) is 194 cm³/mol. The molecule has 16 nitrogen and oxygen atoms in total. The zero-order valence-corrected chi connectivity index (χ0v) is 28.1. The normalized spacial score (nSPS) is 20.4. The van der Waals surface area contributed by atoms with E-state index >= 15 is 0 Å². The summed E-state index contributed by atoms with van der Waals surface area (Å²) in [5.74, 6) is -3.55. The summed E-state index contributed by atoms with van der Waals surface area (Å²) in [6, 6.07) is 17.2. The molecule has 16 heteroatoms. The Morgan fingerprint density at radius 3 is 1.76 bits per heavy atom. The standard InChI is InChI=1S/C35H45N11O5/c36-34(37)40-16-6-12-25-32(50)45-27(19-21-14-15-22-8-4-5-11-24(22)18-21)30(48)42-20-28(47)46-29(23-9-2-1-3-10-23)33(51)44-26(31(49)43-25)13-7-17-41-35(38)39/h1-5,8-11,14-15,18,25-27,29H,6-7,12-13,16-17,19-20H2,(H,42,48)(H,43,49)(H,44,51)(H,45,50)(H,46,47)(H4,36,37,40)(H4,38,39,41)/t25-,26-,27-,29?/m0/s1. The van der Waals surface area contributed by atoms with Gasteiger partial charge in [-0.2, -0.15) is 0 Å². The minimum absolute atomic E-state index is 0.0821. The van der Waals surface area contributed by atoms with Crippen molar-refractivity contribution in [1.29, 1.82) is 0 Å². The molecule has 1 unspecified atom stereocenters. The van der Waals surface area contributed by atoms with Crippen molar-refractivity contribution in [2.24, 2.45) is 32.9 Å². The van der Waals surface area contributed by atoms with Crippen molar-refractivity contribution in [3.05, 3.63) is 83.9 Å². The monoisotopic (exact) mass is 699 g/mol. The summed E-state index contributed by atoms with van der Waals surface area (Å²) in [7, 11) is 0. The third-order valence-corrected chi connectivity index (χ3v) is 8.17. The molecule has 0 saturated carbocycles. The minimum atomic E-state index is -1.21. The summed E-state index contributed by atoms with van der Waals surface area (Å²) in [6.07, 6.45) is 0.871. The lowest BCUT2D eigenvalue weighted by atomic mass is 10.0. The molecular weight excluding hydrogens is 654 g/mol. The second kappa shape index (κ2) is 18.5. The lowest BCUT2D eigenvalue weighted by Crippen LogP contribution is -2.57. The Bertz CT molecular complexity index is 1760. The van der Waals surface area contributed by atoms with Gasteiger partial charge in [0.15, 0.2) is 11.9 Å². The maximum Gasteiger partial charge on any atom is 0.247 e. The fraction of sp³-hybridized carbons (Fsp3) is 0.343. The molecule has 3 aromatic rings. The molecule has 3 aromatic carbocycles. The molecular formula is C35H45N11O5. The van der Waals surface area contributed by atoms with Gasteiger partial charge >= 0.3 is 0 Å². The molecule has 0 spiro atoms.